The smallest absolute Gasteiger partial charge is 0.338 e. The molecule has 0 saturated carbocycles. The Morgan fingerprint density at radius 2 is 1.84 bits per heavy atom. The first-order chi connectivity index (χ1) is 18.3. The number of fused-ring (bicyclic) bond motifs is 1. The van der Waals surface area contributed by atoms with Crippen LogP contribution in [0.5, 0.6) is 11.5 Å². The lowest BCUT2D eigenvalue weighted by Gasteiger charge is -2.27. The van der Waals surface area contributed by atoms with Gasteiger partial charge in [-0.05, 0) is 55.3 Å². The van der Waals surface area contributed by atoms with E-state index in [-0.39, 0.29) is 23.3 Å². The number of hydrogen-bond donors (Lipinski definition) is 1. The van der Waals surface area contributed by atoms with Crippen molar-refractivity contribution < 1.29 is 28.9 Å². The summed E-state index contributed by atoms with van der Waals surface area (Å²) in [5.74, 6) is -0.556. The Balaban J connectivity index is 2.01. The largest absolute Gasteiger partial charge is 0.497 e. The number of esters is 1. The van der Waals surface area contributed by atoms with E-state index in [4.69, 9.17) is 19.2 Å². The van der Waals surface area contributed by atoms with E-state index in [1.807, 2.05) is 6.92 Å². The molecule has 38 heavy (non-hydrogen) atoms. The number of methoxy groups -OCH3 is 2. The van der Waals surface area contributed by atoms with Crippen molar-refractivity contribution in [2.75, 3.05) is 20.8 Å². The third kappa shape index (κ3) is 5.12. The normalized spacial score (nSPS) is 15.1. The Morgan fingerprint density at radius 3 is 2.45 bits per heavy atom. The highest BCUT2D eigenvalue weighted by Gasteiger charge is 2.36. The van der Waals surface area contributed by atoms with E-state index in [0.717, 1.165) is 6.42 Å². The molecule has 2 aromatic carbocycles. The van der Waals surface area contributed by atoms with E-state index >= 15 is 0 Å². The van der Waals surface area contributed by atoms with Crippen LogP contribution in [-0.4, -0.2) is 42.4 Å². The molecule has 10 heteroatoms. The first-order valence-corrected chi connectivity index (χ1v) is 12.9. The van der Waals surface area contributed by atoms with Gasteiger partial charge in [-0.3, -0.25) is 9.36 Å². The van der Waals surface area contributed by atoms with Gasteiger partial charge in [-0.1, -0.05) is 36.8 Å². The van der Waals surface area contributed by atoms with Crippen LogP contribution >= 0.6 is 11.3 Å². The van der Waals surface area contributed by atoms with Crippen LogP contribution in [0.15, 0.2) is 63.5 Å². The number of carboxylic acid groups (broad SMARTS) is 1. The van der Waals surface area contributed by atoms with Gasteiger partial charge < -0.3 is 19.3 Å². The van der Waals surface area contributed by atoms with Gasteiger partial charge in [0.2, 0.25) is 0 Å². The highest BCUT2D eigenvalue weighted by atomic mass is 32.1. The number of carboxylic acids is 1. The Morgan fingerprint density at radius 1 is 1.11 bits per heavy atom. The quantitative estimate of drug-likeness (QED) is 0.417. The van der Waals surface area contributed by atoms with Gasteiger partial charge in [-0.15, -0.1) is 0 Å². The third-order valence-electron chi connectivity index (χ3n) is 6.08. The predicted octanol–water partition coefficient (Wildman–Crippen LogP) is 3.29. The number of thiazole rings is 1. The Kier molecular flexibility index (Phi) is 8.11. The van der Waals surface area contributed by atoms with Gasteiger partial charge in [-0.25, -0.2) is 14.6 Å². The fourth-order valence-corrected chi connectivity index (χ4v) is 5.36. The molecule has 1 atom stereocenters. The summed E-state index contributed by atoms with van der Waals surface area (Å²) in [5, 5.41) is 9.18. The zero-order chi connectivity index (χ0) is 27.4. The maximum absolute atomic E-state index is 13.9. The molecule has 2 heterocycles. The average Bonchev–Trinajstić information content (AvgIpc) is 3.22. The highest BCUT2D eigenvalue weighted by molar-refractivity contribution is 7.07. The Labute approximate surface area is 222 Å². The Bertz CT molecular complexity index is 1580. The molecule has 1 aliphatic rings. The zero-order valence-corrected chi connectivity index (χ0v) is 22.3. The molecule has 1 N–H and O–H groups in total. The number of benzene rings is 2. The standard InChI is InChI=1S/C28H28N2O7S/c1-5-7-20-23(27(34)37-6-2)24(19-15-18(35-3)12-13-21(19)36-4)30-25(31)22(38-28(30)29-20)14-16-8-10-17(11-9-16)26(32)33/h8-15,24H,5-7H2,1-4H3,(H,32,33)/b22-14-/t24-/m1/s1. The number of aromatic nitrogens is 1. The van der Waals surface area contributed by atoms with E-state index < -0.39 is 18.0 Å². The van der Waals surface area contributed by atoms with Gasteiger partial charge in [0.25, 0.3) is 5.56 Å². The number of rotatable bonds is 9. The number of carbonyl (C=O) groups excluding carboxylic acids is 1. The van der Waals surface area contributed by atoms with E-state index in [0.29, 0.717) is 44.1 Å². The molecule has 1 aromatic heterocycles. The van der Waals surface area contributed by atoms with Crippen molar-refractivity contribution in [1.29, 1.82) is 0 Å². The van der Waals surface area contributed by atoms with Crippen molar-refractivity contribution in [3.63, 3.8) is 0 Å². The molecule has 1 aliphatic heterocycles. The molecule has 0 saturated heterocycles. The van der Waals surface area contributed by atoms with Gasteiger partial charge in [-0.2, -0.15) is 0 Å². The molecular weight excluding hydrogens is 508 g/mol. The maximum atomic E-state index is 13.9. The number of hydrogen-bond acceptors (Lipinski definition) is 8. The number of nitrogens with zero attached hydrogens (tertiary/aromatic N) is 2. The lowest BCUT2D eigenvalue weighted by atomic mass is 9.93. The number of ether oxygens (including phenoxy) is 3. The molecule has 0 spiro atoms. The lowest BCUT2D eigenvalue weighted by molar-refractivity contribution is -0.139. The van der Waals surface area contributed by atoms with E-state index in [1.165, 1.54) is 42.3 Å². The van der Waals surface area contributed by atoms with Crippen LogP contribution in [0.1, 0.15) is 54.2 Å². The monoisotopic (exact) mass is 536 g/mol. The van der Waals surface area contributed by atoms with Crippen LogP contribution in [0.2, 0.25) is 0 Å². The Hall–Kier alpha value is -4.18. The molecule has 0 fully saturated rings. The van der Waals surface area contributed by atoms with Gasteiger partial charge >= 0.3 is 11.9 Å². The number of carbonyl (C=O) groups is 2. The predicted molar refractivity (Wildman–Crippen MR) is 143 cm³/mol. The summed E-state index contributed by atoms with van der Waals surface area (Å²) in [4.78, 5) is 43.6. The number of aromatic carboxylic acids is 1. The van der Waals surface area contributed by atoms with Crippen LogP contribution in [0.3, 0.4) is 0 Å². The molecule has 3 aromatic rings. The topological polar surface area (TPSA) is 116 Å². The van der Waals surface area contributed by atoms with Crippen LogP contribution < -0.4 is 24.4 Å². The summed E-state index contributed by atoms with van der Waals surface area (Å²) in [5.41, 5.74) is 1.87. The summed E-state index contributed by atoms with van der Waals surface area (Å²) in [6.45, 7) is 3.88. The minimum atomic E-state index is -1.03. The second-order valence-electron chi connectivity index (χ2n) is 8.45. The molecule has 4 rings (SSSR count). The van der Waals surface area contributed by atoms with Crippen LogP contribution in [0, 0.1) is 0 Å². The number of allylic oxidation sites excluding steroid dienone is 1. The van der Waals surface area contributed by atoms with Crippen LogP contribution in [-0.2, 0) is 9.53 Å². The van der Waals surface area contributed by atoms with Crippen molar-refractivity contribution in [3.05, 3.63) is 90.1 Å². The molecule has 0 unspecified atom stereocenters. The highest BCUT2D eigenvalue weighted by Crippen LogP contribution is 2.38. The third-order valence-corrected chi connectivity index (χ3v) is 7.06. The maximum Gasteiger partial charge on any atom is 0.338 e. The second-order valence-corrected chi connectivity index (χ2v) is 9.46. The molecule has 0 radical (unpaired) electrons. The van der Waals surface area contributed by atoms with Crippen LogP contribution in [0.25, 0.3) is 6.08 Å². The van der Waals surface area contributed by atoms with Gasteiger partial charge in [0.15, 0.2) is 4.80 Å². The minimum absolute atomic E-state index is 0.150. The average molecular weight is 537 g/mol. The van der Waals surface area contributed by atoms with E-state index in [9.17, 15) is 19.5 Å². The van der Waals surface area contributed by atoms with Crippen molar-refractivity contribution >= 4 is 29.4 Å². The summed E-state index contributed by atoms with van der Waals surface area (Å²) in [7, 11) is 3.06. The molecular formula is C28H28N2O7S. The van der Waals surface area contributed by atoms with Crippen molar-refractivity contribution in [2.45, 2.75) is 32.7 Å². The summed E-state index contributed by atoms with van der Waals surface area (Å²) in [6, 6.07) is 10.6. The lowest BCUT2D eigenvalue weighted by Crippen LogP contribution is -2.40. The molecule has 0 aliphatic carbocycles. The second kappa shape index (κ2) is 11.5. The molecule has 9 nitrogen and oxygen atoms in total. The summed E-state index contributed by atoms with van der Waals surface area (Å²) < 4.78 is 18.4. The SMILES string of the molecule is CCCC1=C(C(=O)OCC)[C@@H](c2cc(OC)ccc2OC)n2c(s/c(=C\c3ccc(C(=O)O)cc3)c2=O)=N1. The summed E-state index contributed by atoms with van der Waals surface area (Å²) in [6.07, 6.45) is 2.93. The van der Waals surface area contributed by atoms with Crippen molar-refractivity contribution in [2.24, 2.45) is 4.99 Å². The summed E-state index contributed by atoms with van der Waals surface area (Å²) >= 11 is 1.20. The van der Waals surface area contributed by atoms with Crippen LogP contribution in [0.4, 0.5) is 0 Å². The fraction of sp³-hybridized carbons (Fsp3) is 0.286. The fourth-order valence-electron chi connectivity index (χ4n) is 4.34. The van der Waals surface area contributed by atoms with Gasteiger partial charge in [0.05, 0.1) is 42.2 Å². The van der Waals surface area contributed by atoms with E-state index in [2.05, 4.69) is 0 Å². The first kappa shape index (κ1) is 26.9. The van der Waals surface area contributed by atoms with Crippen molar-refractivity contribution in [1.82, 2.24) is 4.57 Å². The molecule has 0 bridgehead atoms. The van der Waals surface area contributed by atoms with Gasteiger partial charge in [0, 0.05) is 5.56 Å². The molecule has 198 valence electrons. The van der Waals surface area contributed by atoms with Gasteiger partial charge in [0.1, 0.15) is 17.5 Å². The minimum Gasteiger partial charge on any atom is -0.497 e. The van der Waals surface area contributed by atoms with Crippen molar-refractivity contribution in [3.8, 4) is 11.5 Å². The molecule has 0 amide bonds. The zero-order valence-electron chi connectivity index (χ0n) is 21.5. The van der Waals surface area contributed by atoms with E-state index in [1.54, 1.807) is 43.3 Å². The first-order valence-electron chi connectivity index (χ1n) is 12.1.